The first-order valence-corrected chi connectivity index (χ1v) is 5.24. The van der Waals surface area contributed by atoms with Crippen LogP contribution >= 0.6 is 45.2 Å². The lowest BCUT2D eigenvalue weighted by Crippen LogP contribution is -1.64. The van der Waals surface area contributed by atoms with Crippen molar-refractivity contribution in [3.63, 3.8) is 0 Å². The third-order valence-corrected chi connectivity index (χ3v) is 1.66. The third kappa shape index (κ3) is 7.20. The second kappa shape index (κ2) is 7.20. The van der Waals surface area contributed by atoms with Crippen LogP contribution in [-0.2, 0) is 0 Å². The fourth-order valence-corrected chi connectivity index (χ4v) is 0.963. The minimum Gasteiger partial charge on any atom is -0.0870 e. The second-order valence-electron chi connectivity index (χ2n) is 1.10. The number of hydrogen-bond acceptors (Lipinski definition) is 0. The first-order chi connectivity index (χ1) is 3.41. The molecule has 7 heavy (non-hydrogen) atoms. The molecule has 0 radical (unpaired) electrons. The topological polar surface area (TPSA) is 0 Å². The number of alkyl halides is 2. The lowest BCUT2D eigenvalue weighted by atomic mass is 10.4. The van der Waals surface area contributed by atoms with Crippen molar-refractivity contribution in [2.45, 2.75) is 6.42 Å². The molecule has 0 aliphatic carbocycles. The Labute approximate surface area is 72.0 Å². The van der Waals surface area contributed by atoms with Crippen LogP contribution in [0.5, 0.6) is 0 Å². The van der Waals surface area contributed by atoms with E-state index in [1.807, 2.05) is 0 Å². The van der Waals surface area contributed by atoms with Gasteiger partial charge in [-0.1, -0.05) is 57.3 Å². The van der Waals surface area contributed by atoms with Gasteiger partial charge in [0.2, 0.25) is 0 Å². The molecule has 0 amide bonds. The van der Waals surface area contributed by atoms with Crippen LogP contribution < -0.4 is 0 Å². The van der Waals surface area contributed by atoms with Gasteiger partial charge >= 0.3 is 0 Å². The standard InChI is InChI=1S/C5H8I2/c6-4-2-1-3-5-7/h1-2H,3-5H2. The summed E-state index contributed by atoms with van der Waals surface area (Å²) in [5, 5.41) is 0. The van der Waals surface area contributed by atoms with Gasteiger partial charge in [0, 0.05) is 8.86 Å². The Bertz CT molecular complexity index is 50.0. The van der Waals surface area contributed by atoms with Crippen LogP contribution in [0.4, 0.5) is 0 Å². The molecule has 0 fully saturated rings. The molecule has 0 spiro atoms. The number of halogens is 2. The lowest BCUT2D eigenvalue weighted by molar-refractivity contribution is 1.27. The fraction of sp³-hybridized carbons (Fsp3) is 0.600. The summed E-state index contributed by atoms with van der Waals surface area (Å²) in [6.45, 7) is 0. The van der Waals surface area contributed by atoms with Gasteiger partial charge < -0.3 is 0 Å². The van der Waals surface area contributed by atoms with E-state index in [-0.39, 0.29) is 0 Å². The van der Waals surface area contributed by atoms with E-state index in [1.54, 1.807) is 0 Å². The van der Waals surface area contributed by atoms with E-state index in [2.05, 4.69) is 57.3 Å². The fourth-order valence-electron chi connectivity index (χ4n) is 0.244. The molecule has 0 aromatic carbocycles. The first kappa shape index (κ1) is 8.20. The molecule has 0 rings (SSSR count). The third-order valence-electron chi connectivity index (χ3n) is 0.532. The van der Waals surface area contributed by atoms with E-state index in [4.69, 9.17) is 0 Å². The Morgan fingerprint density at radius 2 is 1.86 bits per heavy atom. The van der Waals surface area contributed by atoms with Gasteiger partial charge in [0.1, 0.15) is 0 Å². The molecule has 42 valence electrons. The molecule has 0 saturated heterocycles. The molecule has 2 heteroatoms. The van der Waals surface area contributed by atoms with Gasteiger partial charge in [-0.3, -0.25) is 0 Å². The number of allylic oxidation sites excluding steroid dienone is 2. The molecule has 0 aromatic heterocycles. The highest BCUT2D eigenvalue weighted by Crippen LogP contribution is 1.90. The van der Waals surface area contributed by atoms with Crippen molar-refractivity contribution in [3.05, 3.63) is 12.2 Å². The normalized spacial score (nSPS) is 10.6. The Kier molecular flexibility index (Phi) is 8.43. The molecule has 0 heterocycles. The van der Waals surface area contributed by atoms with E-state index in [1.165, 1.54) is 10.8 Å². The number of rotatable bonds is 3. The average Bonchev–Trinajstić information content (AvgIpc) is 1.69. The summed E-state index contributed by atoms with van der Waals surface area (Å²) in [6, 6.07) is 0. The van der Waals surface area contributed by atoms with Crippen molar-refractivity contribution in [3.8, 4) is 0 Å². The summed E-state index contributed by atoms with van der Waals surface area (Å²) in [5.74, 6) is 0. The second-order valence-corrected chi connectivity index (χ2v) is 3.06. The molecule has 0 saturated carbocycles. The largest absolute Gasteiger partial charge is 0.0870 e. The van der Waals surface area contributed by atoms with Gasteiger partial charge in [-0.2, -0.15) is 0 Å². The van der Waals surface area contributed by atoms with Crippen LogP contribution in [0.2, 0.25) is 0 Å². The van der Waals surface area contributed by atoms with Gasteiger partial charge in [-0.25, -0.2) is 0 Å². The Morgan fingerprint density at radius 3 is 2.29 bits per heavy atom. The minimum atomic E-state index is 1.15. The minimum absolute atomic E-state index is 1.15. The summed E-state index contributed by atoms with van der Waals surface area (Å²) in [5.41, 5.74) is 0. The van der Waals surface area contributed by atoms with Crippen molar-refractivity contribution >= 4 is 45.2 Å². The summed E-state index contributed by atoms with van der Waals surface area (Å²) < 4.78 is 2.39. The molecule has 0 N–H and O–H groups in total. The zero-order valence-corrected chi connectivity index (χ0v) is 8.35. The molecule has 0 atom stereocenters. The highest BCUT2D eigenvalue weighted by atomic mass is 127. The zero-order chi connectivity index (χ0) is 5.54. The van der Waals surface area contributed by atoms with E-state index in [9.17, 15) is 0 Å². The molecule has 0 unspecified atom stereocenters. The highest BCUT2D eigenvalue weighted by Gasteiger charge is 1.70. The molecule has 0 aliphatic rings. The maximum absolute atomic E-state index is 2.37. The van der Waals surface area contributed by atoms with Crippen molar-refractivity contribution in [1.29, 1.82) is 0 Å². The van der Waals surface area contributed by atoms with Gasteiger partial charge in [0.25, 0.3) is 0 Å². The lowest BCUT2D eigenvalue weighted by Gasteiger charge is -1.77. The molecular weight excluding hydrogens is 314 g/mol. The zero-order valence-electron chi connectivity index (χ0n) is 4.03. The summed E-state index contributed by atoms with van der Waals surface area (Å²) in [7, 11) is 0. The summed E-state index contributed by atoms with van der Waals surface area (Å²) in [6.07, 6.45) is 5.64. The molecule has 0 bridgehead atoms. The van der Waals surface area contributed by atoms with Crippen LogP contribution in [0, 0.1) is 0 Å². The number of hydrogen-bond donors (Lipinski definition) is 0. The Balaban J connectivity index is 2.78. The van der Waals surface area contributed by atoms with Gasteiger partial charge in [0.05, 0.1) is 0 Å². The van der Waals surface area contributed by atoms with Gasteiger partial charge in [-0.05, 0) is 6.42 Å². The maximum atomic E-state index is 2.37. The van der Waals surface area contributed by atoms with Crippen molar-refractivity contribution in [2.75, 3.05) is 8.86 Å². The summed E-state index contributed by atoms with van der Waals surface area (Å²) in [4.78, 5) is 0. The first-order valence-electron chi connectivity index (χ1n) is 2.18. The van der Waals surface area contributed by atoms with E-state index < -0.39 is 0 Å². The van der Waals surface area contributed by atoms with Crippen molar-refractivity contribution < 1.29 is 0 Å². The van der Waals surface area contributed by atoms with Crippen molar-refractivity contribution in [1.82, 2.24) is 0 Å². The van der Waals surface area contributed by atoms with Crippen LogP contribution in [0.15, 0.2) is 12.2 Å². The Morgan fingerprint density at radius 1 is 1.14 bits per heavy atom. The average molecular weight is 322 g/mol. The Hall–Kier alpha value is 1.20. The van der Waals surface area contributed by atoms with Crippen molar-refractivity contribution in [2.24, 2.45) is 0 Å². The van der Waals surface area contributed by atoms with Crippen LogP contribution in [0.25, 0.3) is 0 Å². The maximum Gasteiger partial charge on any atom is 0.0175 e. The smallest absolute Gasteiger partial charge is 0.0175 e. The van der Waals surface area contributed by atoms with Crippen LogP contribution in [0.1, 0.15) is 6.42 Å². The molecule has 0 aliphatic heterocycles. The highest BCUT2D eigenvalue weighted by molar-refractivity contribution is 14.1. The molecule has 0 aromatic rings. The van der Waals surface area contributed by atoms with Crippen LogP contribution in [0.3, 0.4) is 0 Å². The quantitative estimate of drug-likeness (QED) is 0.426. The van der Waals surface area contributed by atoms with E-state index in [0.29, 0.717) is 0 Å². The SMILES string of the molecule is ICC=CCCI. The molecule has 0 nitrogen and oxygen atoms in total. The monoisotopic (exact) mass is 322 g/mol. The van der Waals surface area contributed by atoms with E-state index >= 15 is 0 Å². The predicted octanol–water partition coefficient (Wildman–Crippen LogP) is 2.80. The molecular formula is C5H8I2. The van der Waals surface area contributed by atoms with Crippen LogP contribution in [-0.4, -0.2) is 8.86 Å². The summed E-state index contributed by atoms with van der Waals surface area (Å²) >= 11 is 4.71. The predicted molar refractivity (Wildman–Crippen MR) is 51.5 cm³/mol. The van der Waals surface area contributed by atoms with Gasteiger partial charge in [0.15, 0.2) is 0 Å². The van der Waals surface area contributed by atoms with Gasteiger partial charge in [-0.15, -0.1) is 0 Å². The van der Waals surface area contributed by atoms with E-state index in [0.717, 1.165) is 4.43 Å².